The van der Waals surface area contributed by atoms with Crippen LogP contribution in [0.4, 0.5) is 0 Å². The number of primary amides is 1. The summed E-state index contributed by atoms with van der Waals surface area (Å²) in [6.45, 7) is 1.83. The number of benzene rings is 1. The van der Waals surface area contributed by atoms with Crippen LogP contribution < -0.4 is 5.73 Å². The minimum Gasteiger partial charge on any atom is -0.368 e. The molecule has 1 unspecified atom stereocenters. The Morgan fingerprint density at radius 1 is 1.08 bits per heavy atom. The zero-order valence-corrected chi connectivity index (χ0v) is 15.8. The fraction of sp³-hybridized carbons (Fsp3) is 0.562. The molecular weight excluding hydrogens is 394 g/mol. The van der Waals surface area contributed by atoms with Crippen LogP contribution in [0.5, 0.6) is 0 Å². The first-order valence-corrected chi connectivity index (χ1v) is 10.4. The van der Waals surface area contributed by atoms with Gasteiger partial charge >= 0.3 is 0 Å². The summed E-state index contributed by atoms with van der Waals surface area (Å²) in [7, 11) is -3.45. The van der Waals surface area contributed by atoms with Gasteiger partial charge in [0.1, 0.15) is 0 Å². The Morgan fingerprint density at radius 2 is 1.71 bits per heavy atom. The molecule has 132 valence electrons. The number of rotatable bonds is 4. The molecule has 0 bridgehead atoms. The first kappa shape index (κ1) is 17.8. The third-order valence-corrected chi connectivity index (χ3v) is 7.41. The second kappa shape index (κ2) is 7.11. The van der Waals surface area contributed by atoms with Crippen LogP contribution >= 0.6 is 15.9 Å². The lowest BCUT2D eigenvalue weighted by atomic mass is 10.0. The Labute approximate surface area is 151 Å². The van der Waals surface area contributed by atoms with Gasteiger partial charge in [-0.2, -0.15) is 4.31 Å². The molecule has 2 N–H and O–H groups in total. The van der Waals surface area contributed by atoms with E-state index in [1.165, 1.54) is 0 Å². The quantitative estimate of drug-likeness (QED) is 0.808. The zero-order chi connectivity index (χ0) is 17.3. The molecule has 2 fully saturated rings. The third kappa shape index (κ3) is 3.51. The molecule has 24 heavy (non-hydrogen) atoms. The van der Waals surface area contributed by atoms with Crippen molar-refractivity contribution in [1.29, 1.82) is 0 Å². The predicted octanol–water partition coefficient (Wildman–Crippen LogP) is 1.55. The summed E-state index contributed by atoms with van der Waals surface area (Å²) in [5.41, 5.74) is 5.49. The Morgan fingerprint density at radius 3 is 2.29 bits per heavy atom. The summed E-state index contributed by atoms with van der Waals surface area (Å²) in [5, 5.41) is 0. The number of nitrogens with zero attached hydrogens (tertiary/aromatic N) is 2. The molecule has 0 aliphatic carbocycles. The van der Waals surface area contributed by atoms with Crippen molar-refractivity contribution in [2.24, 2.45) is 5.73 Å². The number of carbonyl (C=O) groups excluding carboxylic acids is 1. The molecule has 1 aromatic carbocycles. The first-order valence-electron chi connectivity index (χ1n) is 8.20. The largest absolute Gasteiger partial charge is 0.368 e. The molecule has 2 aliphatic heterocycles. The van der Waals surface area contributed by atoms with E-state index in [0.29, 0.717) is 18.0 Å². The van der Waals surface area contributed by atoms with E-state index in [1.54, 1.807) is 28.6 Å². The van der Waals surface area contributed by atoms with Crippen LogP contribution in [0.25, 0.3) is 0 Å². The average Bonchev–Trinajstić information content (AvgIpc) is 3.05. The Kier molecular flexibility index (Phi) is 5.29. The van der Waals surface area contributed by atoms with Gasteiger partial charge in [-0.05, 0) is 56.5 Å². The molecule has 0 aromatic heterocycles. The average molecular weight is 416 g/mol. The van der Waals surface area contributed by atoms with Crippen molar-refractivity contribution in [3.63, 3.8) is 0 Å². The van der Waals surface area contributed by atoms with Gasteiger partial charge in [0, 0.05) is 23.6 Å². The fourth-order valence-corrected chi connectivity index (χ4v) is 5.44. The minimum atomic E-state index is -3.45. The SMILES string of the molecule is NC(=O)C1CCCN1C1CCN(S(=O)(=O)c2ccc(Br)cc2)CC1. The number of carbonyl (C=O) groups is 1. The molecule has 8 heteroatoms. The van der Waals surface area contributed by atoms with Gasteiger partial charge in [0.15, 0.2) is 0 Å². The molecular formula is C16H22BrN3O3S. The van der Waals surface area contributed by atoms with Crippen molar-refractivity contribution in [1.82, 2.24) is 9.21 Å². The van der Waals surface area contributed by atoms with Gasteiger partial charge in [0.2, 0.25) is 15.9 Å². The predicted molar refractivity (Wildman–Crippen MR) is 94.8 cm³/mol. The summed E-state index contributed by atoms with van der Waals surface area (Å²) >= 11 is 3.32. The summed E-state index contributed by atoms with van der Waals surface area (Å²) in [4.78, 5) is 14.1. The van der Waals surface area contributed by atoms with Crippen LogP contribution in [0.3, 0.4) is 0 Å². The maximum atomic E-state index is 12.7. The number of likely N-dealkylation sites (tertiary alicyclic amines) is 1. The van der Waals surface area contributed by atoms with Gasteiger partial charge in [-0.3, -0.25) is 9.69 Å². The summed E-state index contributed by atoms with van der Waals surface area (Å²) in [6.07, 6.45) is 3.26. The van der Waals surface area contributed by atoms with Gasteiger partial charge < -0.3 is 5.73 Å². The van der Waals surface area contributed by atoms with Crippen LogP contribution in [0.1, 0.15) is 25.7 Å². The van der Waals surface area contributed by atoms with Crippen LogP contribution in [-0.2, 0) is 14.8 Å². The normalized spacial score (nSPS) is 24.3. The molecule has 0 spiro atoms. The Balaban J connectivity index is 1.66. The number of halogens is 1. The Hall–Kier alpha value is -0.960. The highest BCUT2D eigenvalue weighted by Crippen LogP contribution is 2.28. The summed E-state index contributed by atoms with van der Waals surface area (Å²) in [6, 6.07) is 6.76. The van der Waals surface area contributed by atoms with Crippen molar-refractivity contribution in [2.45, 2.75) is 42.7 Å². The van der Waals surface area contributed by atoms with Crippen LogP contribution in [0.15, 0.2) is 33.6 Å². The lowest BCUT2D eigenvalue weighted by Gasteiger charge is -2.38. The van der Waals surface area contributed by atoms with E-state index >= 15 is 0 Å². The lowest BCUT2D eigenvalue weighted by Crippen LogP contribution is -2.51. The summed E-state index contributed by atoms with van der Waals surface area (Å²) in [5.74, 6) is -0.266. The smallest absolute Gasteiger partial charge is 0.243 e. The zero-order valence-electron chi connectivity index (χ0n) is 13.4. The van der Waals surface area contributed by atoms with Crippen molar-refractivity contribution in [2.75, 3.05) is 19.6 Å². The van der Waals surface area contributed by atoms with Crippen molar-refractivity contribution >= 4 is 31.9 Å². The second-order valence-corrected chi connectivity index (χ2v) is 9.24. The number of sulfonamides is 1. The molecule has 1 aromatic rings. The van der Waals surface area contributed by atoms with Crippen molar-refractivity contribution < 1.29 is 13.2 Å². The van der Waals surface area contributed by atoms with Gasteiger partial charge in [0.05, 0.1) is 10.9 Å². The topological polar surface area (TPSA) is 83.7 Å². The van der Waals surface area contributed by atoms with Crippen LogP contribution in [0, 0.1) is 0 Å². The van der Waals surface area contributed by atoms with E-state index in [9.17, 15) is 13.2 Å². The number of hydrogen-bond donors (Lipinski definition) is 1. The molecule has 2 aliphatic rings. The lowest BCUT2D eigenvalue weighted by molar-refractivity contribution is -0.123. The van der Waals surface area contributed by atoms with Gasteiger partial charge in [0.25, 0.3) is 0 Å². The third-order valence-electron chi connectivity index (χ3n) is 4.97. The van der Waals surface area contributed by atoms with Gasteiger partial charge in [-0.15, -0.1) is 0 Å². The van der Waals surface area contributed by atoms with E-state index in [-0.39, 0.29) is 18.0 Å². The molecule has 1 amide bonds. The van der Waals surface area contributed by atoms with E-state index in [0.717, 1.165) is 36.7 Å². The van der Waals surface area contributed by atoms with Crippen molar-refractivity contribution in [3.8, 4) is 0 Å². The second-order valence-electron chi connectivity index (χ2n) is 6.39. The van der Waals surface area contributed by atoms with Gasteiger partial charge in [-0.25, -0.2) is 8.42 Å². The first-order chi connectivity index (χ1) is 11.4. The van der Waals surface area contributed by atoms with Gasteiger partial charge in [-0.1, -0.05) is 15.9 Å². The minimum absolute atomic E-state index is 0.190. The van der Waals surface area contributed by atoms with Crippen LogP contribution in [0.2, 0.25) is 0 Å². The van der Waals surface area contributed by atoms with E-state index in [1.807, 2.05) is 0 Å². The molecule has 1 atom stereocenters. The molecule has 3 rings (SSSR count). The fourth-order valence-electron chi connectivity index (χ4n) is 3.70. The standard InChI is InChI=1S/C16H22BrN3O3S/c17-12-3-5-14(6-4-12)24(22,23)19-10-7-13(8-11-19)20-9-1-2-15(20)16(18)21/h3-6,13,15H,1-2,7-11H2,(H2,18,21). The maximum absolute atomic E-state index is 12.7. The molecule has 0 radical (unpaired) electrons. The molecule has 0 saturated carbocycles. The molecule has 6 nitrogen and oxygen atoms in total. The monoisotopic (exact) mass is 415 g/mol. The highest BCUT2D eigenvalue weighted by Gasteiger charge is 2.37. The number of amides is 1. The number of nitrogens with two attached hydrogens (primary N) is 1. The van der Waals surface area contributed by atoms with Crippen molar-refractivity contribution in [3.05, 3.63) is 28.7 Å². The summed E-state index contributed by atoms with van der Waals surface area (Å²) < 4.78 is 27.8. The highest BCUT2D eigenvalue weighted by atomic mass is 79.9. The Bertz CT molecular complexity index is 700. The molecule has 2 saturated heterocycles. The number of piperidine rings is 1. The molecule has 2 heterocycles. The van der Waals surface area contributed by atoms with E-state index in [2.05, 4.69) is 20.8 Å². The van der Waals surface area contributed by atoms with E-state index < -0.39 is 10.0 Å². The van der Waals surface area contributed by atoms with E-state index in [4.69, 9.17) is 5.73 Å². The maximum Gasteiger partial charge on any atom is 0.243 e. The number of hydrogen-bond acceptors (Lipinski definition) is 4. The highest BCUT2D eigenvalue weighted by molar-refractivity contribution is 9.10. The van der Waals surface area contributed by atoms with Crippen LogP contribution in [-0.4, -0.2) is 55.2 Å².